The van der Waals surface area contributed by atoms with Gasteiger partial charge in [-0.15, -0.1) is 0 Å². The van der Waals surface area contributed by atoms with E-state index in [0.29, 0.717) is 0 Å². The third-order valence-corrected chi connectivity index (χ3v) is 8.30. The summed E-state index contributed by atoms with van der Waals surface area (Å²) in [5.74, 6) is 0. The molecule has 1 aliphatic carbocycles. The summed E-state index contributed by atoms with van der Waals surface area (Å²) in [7, 11) is 0. The number of rotatable bonds is 1. The third kappa shape index (κ3) is 3.41. The third-order valence-electron chi connectivity index (χ3n) is 8.30. The van der Waals surface area contributed by atoms with Crippen molar-refractivity contribution < 1.29 is 4.42 Å². The predicted octanol–water partition coefficient (Wildman–Crippen LogP) is 9.45. The molecule has 0 aliphatic heterocycles. The molecule has 0 fully saturated rings. The van der Waals surface area contributed by atoms with Gasteiger partial charge in [0.25, 0.3) is 0 Å². The molecule has 2 aromatic heterocycles. The van der Waals surface area contributed by atoms with Crippen LogP contribution in [-0.2, 0) is 16.2 Å². The van der Waals surface area contributed by atoms with Gasteiger partial charge in [0.15, 0.2) is 5.58 Å². The van der Waals surface area contributed by atoms with Gasteiger partial charge in [0.05, 0.1) is 0 Å². The molecule has 2 nitrogen and oxygen atoms in total. The summed E-state index contributed by atoms with van der Waals surface area (Å²) in [6.45, 7) is 16.3. The second kappa shape index (κ2) is 7.20. The van der Waals surface area contributed by atoms with E-state index < -0.39 is 0 Å². The maximum atomic E-state index is 6.64. The lowest BCUT2D eigenvalue weighted by Gasteiger charge is -2.41. The Kier molecular flexibility index (Phi) is 4.59. The van der Waals surface area contributed by atoms with Crippen LogP contribution in [-0.4, -0.2) is 4.98 Å². The first-order chi connectivity index (χ1) is 16.5. The van der Waals surface area contributed by atoms with Crippen LogP contribution in [0, 0.1) is 0 Å². The summed E-state index contributed by atoms with van der Waals surface area (Å²) in [6.07, 6.45) is 4.33. The Labute approximate surface area is 208 Å². The van der Waals surface area contributed by atoms with Gasteiger partial charge in [0, 0.05) is 22.5 Å². The van der Waals surface area contributed by atoms with Crippen molar-refractivity contribution in [1.29, 1.82) is 0 Å². The zero-order chi connectivity index (χ0) is 24.8. The molecule has 0 saturated carbocycles. The van der Waals surface area contributed by atoms with Gasteiger partial charge in [-0.2, -0.15) is 0 Å². The van der Waals surface area contributed by atoms with Crippen LogP contribution < -0.4 is 0 Å². The molecular formula is C33H35NO. The van der Waals surface area contributed by atoms with Crippen molar-refractivity contribution in [3.63, 3.8) is 0 Å². The van der Waals surface area contributed by atoms with E-state index in [0.717, 1.165) is 27.8 Å². The topological polar surface area (TPSA) is 26.0 Å². The van der Waals surface area contributed by atoms with Gasteiger partial charge in [0.1, 0.15) is 11.3 Å². The molecule has 3 aromatic carbocycles. The second-order valence-corrected chi connectivity index (χ2v) is 12.8. The van der Waals surface area contributed by atoms with E-state index in [2.05, 4.69) is 103 Å². The first-order valence-electron chi connectivity index (χ1n) is 12.9. The zero-order valence-electron chi connectivity index (χ0n) is 22.0. The van der Waals surface area contributed by atoms with Crippen molar-refractivity contribution >= 4 is 32.7 Å². The molecule has 0 amide bonds. The second-order valence-electron chi connectivity index (χ2n) is 12.8. The van der Waals surface area contributed by atoms with Crippen LogP contribution in [0.1, 0.15) is 78.0 Å². The Morgan fingerprint density at radius 1 is 0.771 bits per heavy atom. The number of pyridine rings is 1. The lowest BCUT2D eigenvalue weighted by Crippen LogP contribution is -2.33. The van der Waals surface area contributed by atoms with E-state index >= 15 is 0 Å². The van der Waals surface area contributed by atoms with Gasteiger partial charge in [-0.25, -0.2) is 0 Å². The van der Waals surface area contributed by atoms with Gasteiger partial charge < -0.3 is 4.42 Å². The molecule has 1 aliphatic rings. The minimum Gasteiger partial charge on any atom is -0.454 e. The number of hydrogen-bond acceptors (Lipinski definition) is 2. The number of furan rings is 1. The molecule has 0 N–H and O–H groups in total. The lowest BCUT2D eigenvalue weighted by molar-refractivity contribution is 0.332. The first-order valence-corrected chi connectivity index (χ1v) is 12.9. The zero-order valence-corrected chi connectivity index (χ0v) is 22.0. The molecular weight excluding hydrogens is 426 g/mol. The number of benzene rings is 3. The molecule has 0 atom stereocenters. The number of hydrogen-bond donors (Lipinski definition) is 0. The monoisotopic (exact) mass is 461 g/mol. The molecule has 2 heterocycles. The van der Waals surface area contributed by atoms with Crippen LogP contribution >= 0.6 is 0 Å². The predicted molar refractivity (Wildman–Crippen MR) is 148 cm³/mol. The standard InChI is InChI=1S/C33H35NO/c1-31(2,3)25-17-21(16-20-10-8-9-11-22(20)25)29-30-23(12-15-34-29)24-18-26-27(19-28(24)35-30)33(6,7)14-13-32(26,4)5/h8-12,15-19H,13-14H2,1-7H3. The molecule has 2 heteroatoms. The fraction of sp³-hybridized carbons (Fsp3) is 0.364. The fourth-order valence-electron chi connectivity index (χ4n) is 6.04. The molecule has 0 radical (unpaired) electrons. The Balaban J connectivity index is 1.65. The molecule has 0 unspecified atom stereocenters. The largest absolute Gasteiger partial charge is 0.454 e. The Morgan fingerprint density at radius 3 is 2.17 bits per heavy atom. The summed E-state index contributed by atoms with van der Waals surface area (Å²) in [5, 5.41) is 4.89. The average molecular weight is 462 g/mol. The van der Waals surface area contributed by atoms with Crippen molar-refractivity contribution in [1.82, 2.24) is 4.98 Å². The summed E-state index contributed by atoms with van der Waals surface area (Å²) < 4.78 is 6.64. The molecule has 5 aromatic rings. The van der Waals surface area contributed by atoms with Crippen molar-refractivity contribution in [2.75, 3.05) is 0 Å². The highest BCUT2D eigenvalue weighted by molar-refractivity contribution is 6.09. The van der Waals surface area contributed by atoms with E-state index in [-0.39, 0.29) is 16.2 Å². The number of fused-ring (bicyclic) bond motifs is 5. The maximum absolute atomic E-state index is 6.64. The van der Waals surface area contributed by atoms with Crippen molar-refractivity contribution in [3.8, 4) is 11.3 Å². The molecule has 0 saturated heterocycles. The summed E-state index contributed by atoms with van der Waals surface area (Å²) in [4.78, 5) is 4.86. The van der Waals surface area contributed by atoms with Gasteiger partial charge in [-0.3, -0.25) is 4.98 Å². The Hall–Kier alpha value is -3.13. The van der Waals surface area contributed by atoms with Gasteiger partial charge >= 0.3 is 0 Å². The van der Waals surface area contributed by atoms with Gasteiger partial charge in [-0.1, -0.05) is 72.7 Å². The minimum atomic E-state index is 0.0214. The van der Waals surface area contributed by atoms with Crippen LogP contribution in [0.3, 0.4) is 0 Å². The molecule has 0 spiro atoms. The smallest absolute Gasteiger partial charge is 0.161 e. The molecule has 35 heavy (non-hydrogen) atoms. The summed E-state index contributed by atoms with van der Waals surface area (Å²) in [6, 6.07) is 20.1. The number of nitrogens with zero attached hydrogens (tertiary/aromatic N) is 1. The minimum absolute atomic E-state index is 0.0214. The molecule has 0 bridgehead atoms. The highest BCUT2D eigenvalue weighted by Gasteiger charge is 2.37. The summed E-state index contributed by atoms with van der Waals surface area (Å²) >= 11 is 0. The van der Waals surface area contributed by atoms with E-state index in [4.69, 9.17) is 9.40 Å². The van der Waals surface area contributed by atoms with Gasteiger partial charge in [0.2, 0.25) is 0 Å². The van der Waals surface area contributed by atoms with Crippen LogP contribution in [0.5, 0.6) is 0 Å². The Bertz CT molecular complexity index is 1620. The highest BCUT2D eigenvalue weighted by atomic mass is 16.3. The molecule has 178 valence electrons. The fourth-order valence-corrected chi connectivity index (χ4v) is 6.04. The average Bonchev–Trinajstić information content (AvgIpc) is 3.18. The normalized spacial score (nSPS) is 17.2. The first kappa shape index (κ1) is 22.3. The maximum Gasteiger partial charge on any atom is 0.161 e. The Morgan fingerprint density at radius 2 is 1.46 bits per heavy atom. The van der Waals surface area contributed by atoms with E-state index in [9.17, 15) is 0 Å². The van der Waals surface area contributed by atoms with Crippen molar-refractivity contribution in [2.45, 2.75) is 77.6 Å². The van der Waals surface area contributed by atoms with Crippen molar-refractivity contribution in [2.24, 2.45) is 0 Å². The van der Waals surface area contributed by atoms with Crippen LogP contribution in [0.25, 0.3) is 44.0 Å². The molecule has 6 rings (SSSR count). The van der Waals surface area contributed by atoms with E-state index in [1.165, 1.54) is 45.7 Å². The summed E-state index contributed by atoms with van der Waals surface area (Å²) in [5.41, 5.74) is 8.45. The van der Waals surface area contributed by atoms with Crippen LogP contribution in [0.2, 0.25) is 0 Å². The number of aromatic nitrogens is 1. The van der Waals surface area contributed by atoms with Gasteiger partial charge in [-0.05, 0) is 86.9 Å². The van der Waals surface area contributed by atoms with Crippen molar-refractivity contribution in [3.05, 3.63) is 77.5 Å². The van der Waals surface area contributed by atoms with E-state index in [1.54, 1.807) is 0 Å². The van der Waals surface area contributed by atoms with Crippen LogP contribution in [0.4, 0.5) is 0 Å². The van der Waals surface area contributed by atoms with Crippen LogP contribution in [0.15, 0.2) is 65.2 Å². The quantitative estimate of drug-likeness (QED) is 0.248. The van der Waals surface area contributed by atoms with E-state index in [1.807, 2.05) is 6.20 Å². The highest BCUT2D eigenvalue weighted by Crippen LogP contribution is 2.48. The SMILES string of the molecule is CC(C)(C)c1cc(-c2nccc3c2oc2cc4c(cc23)C(C)(C)CCC4(C)C)cc2ccccc12. The lowest BCUT2D eigenvalue weighted by atomic mass is 9.63.